The molecule has 0 atom stereocenters. The van der Waals surface area contributed by atoms with E-state index in [1.807, 2.05) is 0 Å². The third-order valence-corrected chi connectivity index (χ3v) is 2.22. The Morgan fingerprint density at radius 2 is 2.00 bits per heavy atom. The summed E-state index contributed by atoms with van der Waals surface area (Å²) in [5.74, 6) is -0.301. The van der Waals surface area contributed by atoms with E-state index < -0.39 is 4.92 Å². The van der Waals surface area contributed by atoms with Gasteiger partial charge in [0, 0.05) is 26.1 Å². The molecular formula is C12H15N3O5. The summed E-state index contributed by atoms with van der Waals surface area (Å²) in [5, 5.41) is 15.6. The normalized spacial score (nSPS) is 9.65. The lowest BCUT2D eigenvalue weighted by Gasteiger charge is -2.07. The highest BCUT2D eigenvalue weighted by Gasteiger charge is 2.07. The van der Waals surface area contributed by atoms with Crippen LogP contribution in [-0.4, -0.2) is 36.4 Å². The zero-order chi connectivity index (χ0) is 15.0. The van der Waals surface area contributed by atoms with E-state index >= 15 is 0 Å². The lowest BCUT2D eigenvalue weighted by atomic mass is 10.3. The zero-order valence-corrected chi connectivity index (χ0v) is 10.9. The van der Waals surface area contributed by atoms with Crippen molar-refractivity contribution >= 4 is 17.5 Å². The van der Waals surface area contributed by atoms with E-state index in [9.17, 15) is 19.7 Å². The molecule has 0 aliphatic heterocycles. The number of nitro groups is 1. The molecule has 0 spiro atoms. The molecule has 8 nitrogen and oxygen atoms in total. The number of amides is 2. The Balaban J connectivity index is 2.32. The SMILES string of the molecule is CC(=O)NCCNC(=O)COc1cccc([N+](=O)[O-])c1. The first kappa shape index (κ1) is 15.4. The summed E-state index contributed by atoms with van der Waals surface area (Å²) in [7, 11) is 0. The zero-order valence-electron chi connectivity index (χ0n) is 10.9. The van der Waals surface area contributed by atoms with Crippen LogP contribution >= 0.6 is 0 Å². The molecule has 1 aromatic rings. The van der Waals surface area contributed by atoms with Crippen molar-refractivity contribution in [3.63, 3.8) is 0 Å². The average molecular weight is 281 g/mol. The molecule has 1 rings (SSSR count). The maximum absolute atomic E-state index is 11.4. The van der Waals surface area contributed by atoms with Crippen LogP contribution in [0.2, 0.25) is 0 Å². The lowest BCUT2D eigenvalue weighted by Crippen LogP contribution is -2.36. The van der Waals surface area contributed by atoms with Gasteiger partial charge in [-0.2, -0.15) is 0 Å². The molecule has 20 heavy (non-hydrogen) atoms. The van der Waals surface area contributed by atoms with E-state index in [0.29, 0.717) is 6.54 Å². The van der Waals surface area contributed by atoms with Gasteiger partial charge in [0.25, 0.3) is 11.6 Å². The molecular weight excluding hydrogens is 266 g/mol. The molecule has 1 aromatic carbocycles. The van der Waals surface area contributed by atoms with Crippen LogP contribution in [-0.2, 0) is 9.59 Å². The molecule has 0 saturated heterocycles. The van der Waals surface area contributed by atoms with Crippen LogP contribution in [0.25, 0.3) is 0 Å². The molecule has 0 radical (unpaired) electrons. The van der Waals surface area contributed by atoms with Crippen molar-refractivity contribution in [1.29, 1.82) is 0 Å². The smallest absolute Gasteiger partial charge is 0.273 e. The standard InChI is InChI=1S/C12H15N3O5/c1-9(16)13-5-6-14-12(17)8-20-11-4-2-3-10(7-11)15(18)19/h2-4,7H,5-6,8H2,1H3,(H,13,16)(H,14,17). The molecule has 2 N–H and O–H groups in total. The van der Waals surface area contributed by atoms with Crippen LogP contribution < -0.4 is 15.4 Å². The minimum absolute atomic E-state index is 0.103. The van der Waals surface area contributed by atoms with E-state index in [2.05, 4.69) is 10.6 Å². The second-order valence-corrected chi connectivity index (χ2v) is 3.88. The van der Waals surface area contributed by atoms with E-state index in [0.717, 1.165) is 0 Å². The van der Waals surface area contributed by atoms with E-state index in [1.54, 1.807) is 0 Å². The third kappa shape index (κ3) is 5.80. The predicted octanol–water partition coefficient (Wildman–Crippen LogP) is 0.226. The van der Waals surface area contributed by atoms with Crippen molar-refractivity contribution < 1.29 is 19.2 Å². The first-order valence-electron chi connectivity index (χ1n) is 5.87. The van der Waals surface area contributed by atoms with Gasteiger partial charge in [-0.3, -0.25) is 19.7 Å². The number of nitrogens with one attached hydrogen (secondary N) is 2. The molecule has 108 valence electrons. The lowest BCUT2D eigenvalue weighted by molar-refractivity contribution is -0.384. The van der Waals surface area contributed by atoms with Gasteiger partial charge in [-0.15, -0.1) is 0 Å². The van der Waals surface area contributed by atoms with Crippen molar-refractivity contribution in [2.24, 2.45) is 0 Å². The minimum Gasteiger partial charge on any atom is -0.484 e. The predicted molar refractivity (Wildman–Crippen MR) is 70.3 cm³/mol. The summed E-state index contributed by atoms with van der Waals surface area (Å²) >= 11 is 0. The Morgan fingerprint density at radius 3 is 2.65 bits per heavy atom. The maximum atomic E-state index is 11.4. The number of ether oxygens (including phenoxy) is 1. The third-order valence-electron chi connectivity index (χ3n) is 2.22. The summed E-state index contributed by atoms with van der Waals surface area (Å²) in [6.45, 7) is 1.75. The van der Waals surface area contributed by atoms with Crippen molar-refractivity contribution in [1.82, 2.24) is 10.6 Å². The Hall–Kier alpha value is -2.64. The van der Waals surface area contributed by atoms with Crippen LogP contribution in [0.3, 0.4) is 0 Å². The van der Waals surface area contributed by atoms with Gasteiger partial charge in [0.1, 0.15) is 5.75 Å². The Kier molecular flexibility index (Phi) is 5.95. The largest absolute Gasteiger partial charge is 0.484 e. The van der Waals surface area contributed by atoms with Crippen molar-refractivity contribution in [3.8, 4) is 5.75 Å². The quantitative estimate of drug-likeness (QED) is 0.422. The Morgan fingerprint density at radius 1 is 1.30 bits per heavy atom. The number of nitro benzene ring substituents is 1. The molecule has 0 unspecified atom stereocenters. The summed E-state index contributed by atoms with van der Waals surface area (Å²) < 4.78 is 5.13. The van der Waals surface area contributed by atoms with Crippen molar-refractivity contribution in [2.75, 3.05) is 19.7 Å². The summed E-state index contributed by atoms with van der Waals surface area (Å²) in [6, 6.07) is 5.57. The second-order valence-electron chi connectivity index (χ2n) is 3.88. The second kappa shape index (κ2) is 7.72. The topological polar surface area (TPSA) is 111 Å². The highest BCUT2D eigenvalue weighted by atomic mass is 16.6. The number of nitrogens with zero attached hydrogens (tertiary/aromatic N) is 1. The van der Waals surface area contributed by atoms with Gasteiger partial charge in [0.05, 0.1) is 11.0 Å². The number of hydrogen-bond acceptors (Lipinski definition) is 5. The fourth-order valence-corrected chi connectivity index (χ4v) is 1.33. The monoisotopic (exact) mass is 281 g/mol. The molecule has 0 heterocycles. The van der Waals surface area contributed by atoms with Crippen LogP contribution in [0, 0.1) is 10.1 Å². The number of benzene rings is 1. The number of carbonyl (C=O) groups is 2. The van der Waals surface area contributed by atoms with E-state index in [-0.39, 0.29) is 36.4 Å². The number of non-ortho nitro benzene ring substituents is 1. The highest BCUT2D eigenvalue weighted by molar-refractivity contribution is 5.77. The number of rotatable bonds is 7. The van der Waals surface area contributed by atoms with Gasteiger partial charge in [-0.25, -0.2) is 0 Å². The van der Waals surface area contributed by atoms with Gasteiger partial charge in [0.15, 0.2) is 6.61 Å². The minimum atomic E-state index is -0.541. The number of hydrogen-bond donors (Lipinski definition) is 2. The molecule has 2 amide bonds. The molecule has 0 aliphatic rings. The van der Waals surface area contributed by atoms with Crippen molar-refractivity contribution in [3.05, 3.63) is 34.4 Å². The van der Waals surface area contributed by atoms with E-state index in [4.69, 9.17) is 4.74 Å². The highest BCUT2D eigenvalue weighted by Crippen LogP contribution is 2.18. The molecule has 0 aliphatic carbocycles. The van der Waals surface area contributed by atoms with Gasteiger partial charge >= 0.3 is 0 Å². The number of carbonyl (C=O) groups excluding carboxylic acids is 2. The summed E-state index contributed by atoms with van der Waals surface area (Å²) in [5.41, 5.74) is -0.103. The molecule has 8 heteroatoms. The Bertz CT molecular complexity index is 504. The molecule has 0 bridgehead atoms. The summed E-state index contributed by atoms with van der Waals surface area (Å²) in [4.78, 5) is 32.0. The molecule has 0 aromatic heterocycles. The van der Waals surface area contributed by atoms with Gasteiger partial charge < -0.3 is 15.4 Å². The van der Waals surface area contributed by atoms with Crippen molar-refractivity contribution in [2.45, 2.75) is 6.92 Å². The summed E-state index contributed by atoms with van der Waals surface area (Å²) in [6.07, 6.45) is 0. The van der Waals surface area contributed by atoms with E-state index in [1.165, 1.54) is 31.2 Å². The van der Waals surface area contributed by atoms with Gasteiger partial charge in [-0.1, -0.05) is 6.07 Å². The van der Waals surface area contributed by atoms with Gasteiger partial charge in [0.2, 0.25) is 5.91 Å². The maximum Gasteiger partial charge on any atom is 0.273 e. The first-order chi connectivity index (χ1) is 9.49. The van der Waals surface area contributed by atoms with Crippen LogP contribution in [0.4, 0.5) is 5.69 Å². The molecule has 0 saturated carbocycles. The fraction of sp³-hybridized carbons (Fsp3) is 0.333. The van der Waals surface area contributed by atoms with Crippen LogP contribution in [0.1, 0.15) is 6.92 Å². The fourth-order valence-electron chi connectivity index (χ4n) is 1.33. The first-order valence-corrected chi connectivity index (χ1v) is 5.87. The van der Waals surface area contributed by atoms with Crippen LogP contribution in [0.5, 0.6) is 5.75 Å². The Labute approximate surface area is 115 Å². The molecule has 0 fully saturated rings. The van der Waals surface area contributed by atoms with Gasteiger partial charge in [-0.05, 0) is 6.07 Å². The van der Waals surface area contributed by atoms with Crippen LogP contribution in [0.15, 0.2) is 24.3 Å². The average Bonchev–Trinajstić information content (AvgIpc) is 2.41.